The lowest BCUT2D eigenvalue weighted by Crippen LogP contribution is -2.27. The molecular weight excluding hydrogens is 183 g/mol. The fourth-order valence-electron chi connectivity index (χ4n) is 1.49. The van der Waals surface area contributed by atoms with E-state index in [1.165, 1.54) is 18.3 Å². The summed E-state index contributed by atoms with van der Waals surface area (Å²) in [6.45, 7) is 1.38. The number of amides is 1. The van der Waals surface area contributed by atoms with E-state index >= 15 is 0 Å². The fourth-order valence-corrected chi connectivity index (χ4v) is 1.49. The summed E-state index contributed by atoms with van der Waals surface area (Å²) in [5, 5.41) is 0. The highest BCUT2D eigenvalue weighted by Gasteiger charge is 2.19. The van der Waals surface area contributed by atoms with E-state index in [9.17, 15) is 9.18 Å². The molecule has 1 fully saturated rings. The maximum Gasteiger partial charge on any atom is 0.254 e. The summed E-state index contributed by atoms with van der Waals surface area (Å²) in [5.74, 6) is -0.737. The van der Waals surface area contributed by atoms with Gasteiger partial charge in [0.2, 0.25) is 5.95 Å². The second kappa shape index (κ2) is 3.74. The van der Waals surface area contributed by atoms with E-state index in [0.717, 1.165) is 13.0 Å². The molecule has 0 aliphatic carbocycles. The van der Waals surface area contributed by atoms with Gasteiger partial charge in [-0.25, -0.2) is 4.98 Å². The molecule has 0 saturated carbocycles. The Morgan fingerprint density at radius 1 is 1.57 bits per heavy atom. The predicted octanol–water partition coefficient (Wildman–Crippen LogP) is 1.27. The minimum Gasteiger partial charge on any atom is -0.338 e. The van der Waals surface area contributed by atoms with Crippen LogP contribution in [0.25, 0.3) is 0 Å². The minimum atomic E-state index is -0.612. The Hall–Kier alpha value is -1.45. The third kappa shape index (κ3) is 1.73. The Labute approximate surface area is 81.6 Å². The summed E-state index contributed by atoms with van der Waals surface area (Å²) in [5.41, 5.74) is 0.368. The van der Waals surface area contributed by atoms with Gasteiger partial charge < -0.3 is 4.90 Å². The van der Waals surface area contributed by atoms with Crippen LogP contribution in [0.2, 0.25) is 0 Å². The molecule has 2 heterocycles. The Morgan fingerprint density at radius 2 is 2.43 bits per heavy atom. The van der Waals surface area contributed by atoms with E-state index in [1.54, 1.807) is 4.90 Å². The first kappa shape index (κ1) is 9.12. The minimum absolute atomic E-state index is 0.125. The number of hydrogen-bond donors (Lipinski definition) is 0. The van der Waals surface area contributed by atoms with Crippen LogP contribution < -0.4 is 0 Å². The van der Waals surface area contributed by atoms with Gasteiger partial charge in [-0.05, 0) is 18.9 Å². The molecule has 0 spiro atoms. The van der Waals surface area contributed by atoms with Gasteiger partial charge in [-0.15, -0.1) is 0 Å². The first-order valence-electron chi connectivity index (χ1n) is 4.50. The molecule has 0 aromatic carbocycles. The van der Waals surface area contributed by atoms with Crippen LogP contribution in [0.1, 0.15) is 16.8 Å². The molecule has 0 N–H and O–H groups in total. The van der Waals surface area contributed by atoms with Gasteiger partial charge in [0.1, 0.15) is 0 Å². The zero-order valence-electron chi connectivity index (χ0n) is 7.61. The van der Waals surface area contributed by atoms with E-state index in [4.69, 9.17) is 0 Å². The van der Waals surface area contributed by atoms with Crippen molar-refractivity contribution in [1.82, 2.24) is 9.88 Å². The summed E-state index contributed by atoms with van der Waals surface area (Å²) >= 11 is 0. The van der Waals surface area contributed by atoms with Crippen molar-refractivity contribution in [2.75, 3.05) is 13.1 Å². The molecule has 1 saturated heterocycles. The van der Waals surface area contributed by atoms with Crippen molar-refractivity contribution < 1.29 is 9.18 Å². The van der Waals surface area contributed by atoms with Gasteiger partial charge in [-0.2, -0.15) is 4.39 Å². The predicted molar refractivity (Wildman–Crippen MR) is 49.0 cm³/mol. The lowest BCUT2D eigenvalue weighted by molar-refractivity contribution is 0.0795. The zero-order valence-corrected chi connectivity index (χ0v) is 7.61. The molecule has 1 aliphatic rings. The molecule has 3 nitrogen and oxygen atoms in total. The molecular formula is C10H10FN2O. The summed E-state index contributed by atoms with van der Waals surface area (Å²) in [6, 6.07) is 2.70. The summed E-state index contributed by atoms with van der Waals surface area (Å²) in [7, 11) is 0. The number of carbonyl (C=O) groups is 1. The first-order chi connectivity index (χ1) is 6.77. The number of aromatic nitrogens is 1. The zero-order chi connectivity index (χ0) is 9.97. The van der Waals surface area contributed by atoms with Crippen LogP contribution in [-0.4, -0.2) is 28.9 Å². The van der Waals surface area contributed by atoms with Gasteiger partial charge in [-0.3, -0.25) is 4.79 Å². The van der Waals surface area contributed by atoms with Crippen LogP contribution in [0.15, 0.2) is 18.3 Å². The number of nitrogens with zero attached hydrogens (tertiary/aromatic N) is 2. The molecule has 1 aliphatic heterocycles. The second-order valence-electron chi connectivity index (χ2n) is 3.20. The van der Waals surface area contributed by atoms with Crippen LogP contribution in [0.3, 0.4) is 0 Å². The van der Waals surface area contributed by atoms with E-state index < -0.39 is 5.95 Å². The summed E-state index contributed by atoms with van der Waals surface area (Å²) in [6.07, 6.45) is 4.26. The van der Waals surface area contributed by atoms with Gasteiger partial charge in [0.05, 0.1) is 0 Å². The lowest BCUT2D eigenvalue weighted by atomic mass is 10.2. The van der Waals surface area contributed by atoms with Crippen molar-refractivity contribution in [3.63, 3.8) is 0 Å². The molecule has 0 unspecified atom stereocenters. The lowest BCUT2D eigenvalue weighted by Gasteiger charge is -2.14. The molecule has 0 atom stereocenters. The number of rotatable bonds is 1. The SMILES string of the molecule is O=C(c1ccnc(F)c1)N1C[CH]CC1. The Kier molecular flexibility index (Phi) is 2.43. The summed E-state index contributed by atoms with van der Waals surface area (Å²) in [4.78, 5) is 16.8. The smallest absolute Gasteiger partial charge is 0.254 e. The Morgan fingerprint density at radius 3 is 3.07 bits per heavy atom. The standard InChI is InChI=1S/C10H10FN2O/c11-9-7-8(3-4-12-9)10(14)13-5-1-2-6-13/h1,3-4,7H,2,5-6H2. The van der Waals surface area contributed by atoms with Crippen molar-refractivity contribution in [3.8, 4) is 0 Å². The van der Waals surface area contributed by atoms with E-state index in [1.807, 2.05) is 6.42 Å². The van der Waals surface area contributed by atoms with Gasteiger partial charge in [0.15, 0.2) is 0 Å². The quantitative estimate of drug-likeness (QED) is 0.629. The highest BCUT2D eigenvalue weighted by molar-refractivity contribution is 5.94. The molecule has 14 heavy (non-hydrogen) atoms. The number of halogens is 1. The van der Waals surface area contributed by atoms with E-state index in [0.29, 0.717) is 12.1 Å². The molecule has 1 aromatic heterocycles. The molecule has 4 heteroatoms. The summed E-state index contributed by atoms with van der Waals surface area (Å²) < 4.78 is 12.7. The van der Waals surface area contributed by atoms with Crippen molar-refractivity contribution >= 4 is 5.91 Å². The van der Waals surface area contributed by atoms with E-state index in [2.05, 4.69) is 4.98 Å². The van der Waals surface area contributed by atoms with Crippen molar-refractivity contribution in [2.45, 2.75) is 6.42 Å². The van der Waals surface area contributed by atoms with Gasteiger partial charge in [0.25, 0.3) is 5.91 Å². The molecule has 1 radical (unpaired) electrons. The third-order valence-electron chi connectivity index (χ3n) is 2.21. The average Bonchev–Trinajstić information content (AvgIpc) is 2.69. The third-order valence-corrected chi connectivity index (χ3v) is 2.21. The Balaban J connectivity index is 2.17. The number of likely N-dealkylation sites (tertiary alicyclic amines) is 1. The highest BCUT2D eigenvalue weighted by Crippen LogP contribution is 2.11. The first-order valence-corrected chi connectivity index (χ1v) is 4.50. The molecule has 2 rings (SSSR count). The van der Waals surface area contributed by atoms with E-state index in [-0.39, 0.29) is 5.91 Å². The van der Waals surface area contributed by atoms with Crippen molar-refractivity contribution in [3.05, 3.63) is 36.3 Å². The highest BCUT2D eigenvalue weighted by atomic mass is 19.1. The van der Waals surface area contributed by atoms with Crippen LogP contribution in [0.4, 0.5) is 4.39 Å². The van der Waals surface area contributed by atoms with Gasteiger partial charge in [0, 0.05) is 30.9 Å². The van der Waals surface area contributed by atoms with Crippen molar-refractivity contribution in [2.24, 2.45) is 0 Å². The average molecular weight is 193 g/mol. The maximum atomic E-state index is 12.7. The largest absolute Gasteiger partial charge is 0.338 e. The van der Waals surface area contributed by atoms with Crippen molar-refractivity contribution in [1.29, 1.82) is 0 Å². The van der Waals surface area contributed by atoms with Crippen LogP contribution in [0.5, 0.6) is 0 Å². The molecule has 1 aromatic rings. The van der Waals surface area contributed by atoms with Gasteiger partial charge in [-0.1, -0.05) is 0 Å². The Bertz CT molecular complexity index is 348. The number of carbonyl (C=O) groups excluding carboxylic acids is 1. The monoisotopic (exact) mass is 193 g/mol. The molecule has 73 valence electrons. The number of hydrogen-bond acceptors (Lipinski definition) is 2. The normalized spacial score (nSPS) is 15.9. The van der Waals surface area contributed by atoms with Crippen LogP contribution in [0, 0.1) is 12.4 Å². The second-order valence-corrected chi connectivity index (χ2v) is 3.20. The van der Waals surface area contributed by atoms with Gasteiger partial charge >= 0.3 is 0 Å². The molecule has 0 bridgehead atoms. The maximum absolute atomic E-state index is 12.7. The topological polar surface area (TPSA) is 33.2 Å². The fraction of sp³-hybridized carbons (Fsp3) is 0.300. The molecule has 1 amide bonds. The number of pyridine rings is 1. The van der Waals surface area contributed by atoms with Crippen LogP contribution in [-0.2, 0) is 0 Å². The van der Waals surface area contributed by atoms with Crippen LogP contribution >= 0.6 is 0 Å².